The predicted octanol–water partition coefficient (Wildman–Crippen LogP) is 3.80. The van der Waals surface area contributed by atoms with Crippen LogP contribution in [0.1, 0.15) is 42.9 Å². The summed E-state index contributed by atoms with van der Waals surface area (Å²) < 4.78 is 78.6. The molecular formula is C25H31F6N7O. The summed E-state index contributed by atoms with van der Waals surface area (Å²) in [5.74, 6) is -0.158. The number of aromatic nitrogens is 3. The monoisotopic (exact) mass is 559 g/mol. The van der Waals surface area contributed by atoms with Gasteiger partial charge in [0.05, 0.1) is 11.8 Å². The van der Waals surface area contributed by atoms with Crippen molar-refractivity contribution in [1.82, 2.24) is 30.1 Å². The number of fused-ring (bicyclic) bond motifs is 2. The van der Waals surface area contributed by atoms with Crippen LogP contribution in [0.25, 0.3) is 11.0 Å². The quantitative estimate of drug-likeness (QED) is 0.500. The topological polar surface area (TPSA) is 86.3 Å². The summed E-state index contributed by atoms with van der Waals surface area (Å²) in [5.41, 5.74) is -1.85. The van der Waals surface area contributed by atoms with Gasteiger partial charge in [-0.3, -0.25) is 4.79 Å². The van der Waals surface area contributed by atoms with Gasteiger partial charge in [-0.1, -0.05) is 13.8 Å². The van der Waals surface area contributed by atoms with Crippen molar-refractivity contribution >= 4 is 22.8 Å². The van der Waals surface area contributed by atoms with Crippen molar-refractivity contribution in [3.8, 4) is 0 Å². The van der Waals surface area contributed by atoms with Crippen LogP contribution in [-0.2, 0) is 6.18 Å². The summed E-state index contributed by atoms with van der Waals surface area (Å²) in [6.45, 7) is 9.01. The molecule has 2 unspecified atom stereocenters. The number of nitrogens with zero attached hydrogens (tertiary/aromatic N) is 5. The minimum atomic E-state index is -4.93. The maximum absolute atomic E-state index is 13.7. The van der Waals surface area contributed by atoms with E-state index in [4.69, 9.17) is 0 Å². The fourth-order valence-electron chi connectivity index (χ4n) is 5.86. The molecule has 39 heavy (non-hydrogen) atoms. The molecular weight excluding hydrogens is 528 g/mol. The van der Waals surface area contributed by atoms with E-state index in [1.807, 2.05) is 5.32 Å². The lowest BCUT2D eigenvalue weighted by Crippen LogP contribution is -2.46. The van der Waals surface area contributed by atoms with Crippen LogP contribution < -0.4 is 10.6 Å². The van der Waals surface area contributed by atoms with Gasteiger partial charge in [0.1, 0.15) is 23.4 Å². The van der Waals surface area contributed by atoms with Crippen LogP contribution in [0.5, 0.6) is 0 Å². The molecule has 5 rings (SSSR count). The number of rotatable bonds is 7. The summed E-state index contributed by atoms with van der Waals surface area (Å²) in [6.07, 6.45) is -7.27. The highest BCUT2D eigenvalue weighted by Crippen LogP contribution is 2.61. The first-order chi connectivity index (χ1) is 18.2. The Morgan fingerprint density at radius 2 is 1.67 bits per heavy atom. The van der Waals surface area contributed by atoms with Crippen molar-refractivity contribution < 1.29 is 31.1 Å². The molecule has 2 aromatic rings. The van der Waals surface area contributed by atoms with Crippen LogP contribution in [0.4, 0.5) is 32.2 Å². The zero-order valence-electron chi connectivity index (χ0n) is 21.7. The molecule has 214 valence electrons. The Balaban J connectivity index is 1.17. The molecule has 0 bridgehead atoms. The first-order valence-corrected chi connectivity index (χ1v) is 13.0. The molecule has 4 heterocycles. The second-order valence-corrected chi connectivity index (χ2v) is 11.3. The first kappa shape index (κ1) is 27.8. The maximum Gasteiger partial charge on any atom is 0.418 e. The Kier molecular flexibility index (Phi) is 7.15. The lowest BCUT2D eigenvalue weighted by molar-refractivity contribution is -0.136. The van der Waals surface area contributed by atoms with Gasteiger partial charge < -0.3 is 20.4 Å². The Morgan fingerprint density at radius 3 is 2.28 bits per heavy atom. The molecule has 8 nitrogen and oxygen atoms in total. The smallest absolute Gasteiger partial charge is 0.361 e. The van der Waals surface area contributed by atoms with Crippen molar-refractivity contribution in [3.63, 3.8) is 0 Å². The van der Waals surface area contributed by atoms with Gasteiger partial charge in [-0.05, 0) is 36.2 Å². The predicted molar refractivity (Wildman–Crippen MR) is 131 cm³/mol. The third-order valence-electron chi connectivity index (χ3n) is 8.38. The van der Waals surface area contributed by atoms with E-state index in [-0.39, 0.29) is 11.6 Å². The third kappa shape index (κ3) is 6.21. The fourth-order valence-corrected chi connectivity index (χ4v) is 5.86. The summed E-state index contributed by atoms with van der Waals surface area (Å²) in [7, 11) is 0. The van der Waals surface area contributed by atoms with Crippen LogP contribution in [0, 0.1) is 17.3 Å². The number of hydrogen-bond acceptors (Lipinski definition) is 7. The summed E-state index contributed by atoms with van der Waals surface area (Å²) in [5, 5.41) is 4.64. The van der Waals surface area contributed by atoms with Gasteiger partial charge in [0.25, 0.3) is 5.91 Å². The number of pyridine rings is 1. The molecule has 0 aromatic carbocycles. The minimum Gasteiger partial charge on any atom is -0.361 e. The molecule has 1 amide bonds. The molecule has 0 spiro atoms. The molecule has 2 N–H and O–H groups in total. The van der Waals surface area contributed by atoms with Gasteiger partial charge in [-0.15, -0.1) is 0 Å². The number of carbonyl (C=O) groups is 1. The van der Waals surface area contributed by atoms with Crippen molar-refractivity contribution in [1.29, 1.82) is 0 Å². The lowest BCUT2D eigenvalue weighted by atomic mass is 10.0. The minimum absolute atomic E-state index is 0.164. The number of nitrogens with one attached hydrogen (secondary N) is 2. The van der Waals surface area contributed by atoms with E-state index in [2.05, 4.69) is 43.9 Å². The second kappa shape index (κ2) is 10.0. The number of carbonyl (C=O) groups excluding carboxylic acids is 1. The maximum atomic E-state index is 13.7. The second-order valence-electron chi connectivity index (χ2n) is 11.3. The highest BCUT2D eigenvalue weighted by molar-refractivity contribution is 5.93. The number of anilines is 1. The summed E-state index contributed by atoms with van der Waals surface area (Å²) >= 11 is 0. The van der Waals surface area contributed by atoms with E-state index in [1.54, 1.807) is 0 Å². The van der Waals surface area contributed by atoms with E-state index < -0.39 is 47.5 Å². The molecule has 1 saturated carbocycles. The number of hydrogen-bond donors (Lipinski definition) is 2. The fraction of sp³-hybridized carbons (Fsp3) is 0.680. The van der Waals surface area contributed by atoms with Crippen LogP contribution in [-0.4, -0.2) is 88.7 Å². The molecule has 2 saturated heterocycles. The van der Waals surface area contributed by atoms with E-state index in [0.717, 1.165) is 57.3 Å². The van der Waals surface area contributed by atoms with Gasteiger partial charge >= 0.3 is 12.4 Å². The largest absolute Gasteiger partial charge is 0.418 e. The Morgan fingerprint density at radius 1 is 1.03 bits per heavy atom. The average Bonchev–Trinajstić information content (AvgIpc) is 3.17. The Bertz CT molecular complexity index is 1210. The van der Waals surface area contributed by atoms with Crippen LogP contribution >= 0.6 is 0 Å². The van der Waals surface area contributed by atoms with Crippen LogP contribution in [0.2, 0.25) is 0 Å². The van der Waals surface area contributed by atoms with Gasteiger partial charge in [-0.25, -0.2) is 15.0 Å². The first-order valence-electron chi connectivity index (χ1n) is 13.0. The van der Waals surface area contributed by atoms with E-state index in [9.17, 15) is 31.1 Å². The van der Waals surface area contributed by atoms with Crippen molar-refractivity contribution in [2.75, 3.05) is 51.1 Å². The van der Waals surface area contributed by atoms with Gasteiger partial charge in [0.15, 0.2) is 0 Å². The summed E-state index contributed by atoms with van der Waals surface area (Å²) in [4.78, 5) is 29.0. The van der Waals surface area contributed by atoms with E-state index >= 15 is 0 Å². The highest BCUT2D eigenvalue weighted by atomic mass is 19.4. The molecule has 2 aromatic heterocycles. The molecule has 2 aliphatic heterocycles. The number of alkyl halides is 6. The standard InChI is InChI=1S/C25H31F6N7O/c1-23(2)16-11-38(12-17(16)23)8-7-37-5-3-14(4-6-37)34-22(39)21-32-10-18-20(36-21)15(25(29,30)31)9-19(35-18)33-13-24(26,27)28/h9-10,14,16-17H,3-8,11-13H2,1-2H3,(H,33,35)(H,34,39). The zero-order valence-corrected chi connectivity index (χ0v) is 21.7. The van der Waals surface area contributed by atoms with Crippen LogP contribution in [0.15, 0.2) is 12.3 Å². The van der Waals surface area contributed by atoms with Gasteiger partial charge in [0.2, 0.25) is 5.82 Å². The summed E-state index contributed by atoms with van der Waals surface area (Å²) in [6, 6.07) is 0.285. The van der Waals surface area contributed by atoms with E-state index in [0.29, 0.717) is 24.3 Å². The van der Waals surface area contributed by atoms with Crippen molar-refractivity contribution in [2.45, 2.75) is 45.1 Å². The average molecular weight is 560 g/mol. The zero-order chi connectivity index (χ0) is 28.2. The highest BCUT2D eigenvalue weighted by Gasteiger charge is 2.61. The number of piperidine rings is 2. The molecule has 14 heteroatoms. The third-order valence-corrected chi connectivity index (χ3v) is 8.38. The molecule has 3 aliphatic rings. The normalized spacial score (nSPS) is 24.1. The Labute approximate surface area is 221 Å². The lowest BCUT2D eigenvalue weighted by Gasteiger charge is -2.33. The molecule has 0 radical (unpaired) electrons. The van der Waals surface area contributed by atoms with Crippen molar-refractivity contribution in [2.24, 2.45) is 17.3 Å². The number of halogens is 6. The SMILES string of the molecule is CC1(C)C2CN(CCN3CCC(NC(=O)c4ncc5nc(NCC(F)(F)F)cc(C(F)(F)F)c5n4)CC3)CC21. The Hall–Kier alpha value is -2.74. The van der Waals surface area contributed by atoms with Crippen molar-refractivity contribution in [3.05, 3.63) is 23.7 Å². The number of amides is 1. The molecule has 1 aliphatic carbocycles. The van der Waals surface area contributed by atoms with Gasteiger partial charge in [-0.2, -0.15) is 26.3 Å². The molecule has 3 fully saturated rings. The molecule has 2 atom stereocenters. The van der Waals surface area contributed by atoms with Crippen LogP contribution in [0.3, 0.4) is 0 Å². The van der Waals surface area contributed by atoms with E-state index in [1.165, 1.54) is 0 Å². The van der Waals surface area contributed by atoms with Gasteiger partial charge in [0, 0.05) is 45.3 Å². The number of likely N-dealkylation sites (tertiary alicyclic amines) is 2.